The summed E-state index contributed by atoms with van der Waals surface area (Å²) in [7, 11) is 0. The van der Waals surface area contributed by atoms with Crippen molar-refractivity contribution in [3.05, 3.63) is 30.1 Å². The van der Waals surface area contributed by atoms with Crippen LogP contribution < -0.4 is 5.73 Å². The van der Waals surface area contributed by atoms with Gasteiger partial charge in [-0.3, -0.25) is 9.88 Å². The number of ether oxygens (including phenoxy) is 1. The third-order valence-corrected chi connectivity index (χ3v) is 3.18. The van der Waals surface area contributed by atoms with Crippen molar-refractivity contribution in [2.24, 2.45) is 5.73 Å². The Labute approximate surface area is 107 Å². The average Bonchev–Trinajstić information content (AvgIpc) is 2.40. The van der Waals surface area contributed by atoms with Crippen molar-refractivity contribution >= 4 is 0 Å². The summed E-state index contributed by atoms with van der Waals surface area (Å²) in [4.78, 5) is 6.25. The number of hydrogen-bond acceptors (Lipinski definition) is 5. The van der Waals surface area contributed by atoms with Crippen molar-refractivity contribution in [1.29, 1.82) is 5.26 Å². The van der Waals surface area contributed by atoms with Gasteiger partial charge in [0.1, 0.15) is 0 Å². The van der Waals surface area contributed by atoms with Crippen LogP contribution in [-0.2, 0) is 4.74 Å². The van der Waals surface area contributed by atoms with E-state index in [4.69, 9.17) is 15.7 Å². The van der Waals surface area contributed by atoms with Crippen LogP contribution in [-0.4, -0.2) is 41.7 Å². The van der Waals surface area contributed by atoms with Crippen LogP contribution in [0.25, 0.3) is 0 Å². The molecule has 2 N–H and O–H groups in total. The van der Waals surface area contributed by atoms with Crippen molar-refractivity contribution in [2.75, 3.05) is 19.7 Å². The molecule has 1 saturated heterocycles. The molecule has 0 bridgehead atoms. The van der Waals surface area contributed by atoms with Crippen LogP contribution in [0.4, 0.5) is 0 Å². The van der Waals surface area contributed by atoms with E-state index in [1.807, 2.05) is 19.1 Å². The van der Waals surface area contributed by atoms with Gasteiger partial charge in [0.2, 0.25) is 0 Å². The molecule has 0 saturated carbocycles. The van der Waals surface area contributed by atoms with Crippen LogP contribution >= 0.6 is 0 Å². The summed E-state index contributed by atoms with van der Waals surface area (Å²) < 4.78 is 5.37. The van der Waals surface area contributed by atoms with Crippen molar-refractivity contribution < 1.29 is 4.74 Å². The highest BCUT2D eigenvalue weighted by Gasteiger charge is 2.29. The Morgan fingerprint density at radius 3 is 2.89 bits per heavy atom. The number of aromatic nitrogens is 1. The lowest BCUT2D eigenvalue weighted by atomic mass is 9.99. The SMILES string of the molecule is CC(N)C(c1ccncc1)N1CCOC(C#N)C1. The van der Waals surface area contributed by atoms with Gasteiger partial charge in [-0.1, -0.05) is 0 Å². The predicted octanol–water partition coefficient (Wildman–Crippen LogP) is 0.694. The van der Waals surface area contributed by atoms with E-state index in [2.05, 4.69) is 16.0 Å². The van der Waals surface area contributed by atoms with Gasteiger partial charge in [-0.25, -0.2) is 0 Å². The van der Waals surface area contributed by atoms with Gasteiger partial charge in [-0.2, -0.15) is 5.26 Å². The number of nitrogens with two attached hydrogens (primary N) is 1. The highest BCUT2D eigenvalue weighted by atomic mass is 16.5. The van der Waals surface area contributed by atoms with Crippen LogP contribution in [0.1, 0.15) is 18.5 Å². The Hall–Kier alpha value is -1.48. The lowest BCUT2D eigenvalue weighted by Crippen LogP contribution is -2.48. The summed E-state index contributed by atoms with van der Waals surface area (Å²) in [6.07, 6.45) is 3.18. The zero-order chi connectivity index (χ0) is 13.0. The number of nitriles is 1. The average molecular weight is 246 g/mol. The maximum atomic E-state index is 8.96. The number of nitrogens with zero attached hydrogens (tertiary/aromatic N) is 3. The molecule has 0 aliphatic carbocycles. The van der Waals surface area contributed by atoms with Crippen LogP contribution in [0.3, 0.4) is 0 Å². The Morgan fingerprint density at radius 2 is 2.28 bits per heavy atom. The molecular weight excluding hydrogens is 228 g/mol. The van der Waals surface area contributed by atoms with Crippen molar-refractivity contribution in [1.82, 2.24) is 9.88 Å². The summed E-state index contributed by atoms with van der Waals surface area (Å²) in [6.45, 7) is 3.96. The third kappa shape index (κ3) is 2.85. The minimum absolute atomic E-state index is 0.00940. The van der Waals surface area contributed by atoms with Gasteiger partial charge >= 0.3 is 0 Å². The Kier molecular flexibility index (Phi) is 4.26. The quantitative estimate of drug-likeness (QED) is 0.849. The molecule has 5 nitrogen and oxygen atoms in total. The first-order chi connectivity index (χ1) is 8.72. The van der Waals surface area contributed by atoms with Gasteiger partial charge < -0.3 is 10.5 Å². The predicted molar refractivity (Wildman–Crippen MR) is 67.6 cm³/mol. The second-order valence-electron chi connectivity index (χ2n) is 4.57. The molecule has 1 aromatic rings. The van der Waals surface area contributed by atoms with E-state index in [1.165, 1.54) is 0 Å². The molecule has 18 heavy (non-hydrogen) atoms. The second kappa shape index (κ2) is 5.91. The first-order valence-electron chi connectivity index (χ1n) is 6.13. The van der Waals surface area contributed by atoms with E-state index in [1.54, 1.807) is 12.4 Å². The fourth-order valence-corrected chi connectivity index (χ4v) is 2.41. The molecule has 0 aromatic carbocycles. The van der Waals surface area contributed by atoms with E-state index in [-0.39, 0.29) is 18.2 Å². The zero-order valence-electron chi connectivity index (χ0n) is 10.5. The second-order valence-corrected chi connectivity index (χ2v) is 4.57. The number of morpholine rings is 1. The van der Waals surface area contributed by atoms with Crippen LogP contribution in [0, 0.1) is 11.3 Å². The summed E-state index contributed by atoms with van der Waals surface area (Å²) in [5.41, 5.74) is 7.24. The monoisotopic (exact) mass is 246 g/mol. The summed E-state index contributed by atoms with van der Waals surface area (Å²) in [6, 6.07) is 6.21. The normalized spacial score (nSPS) is 24.2. The maximum Gasteiger partial charge on any atom is 0.156 e. The van der Waals surface area contributed by atoms with Gasteiger partial charge in [-0.05, 0) is 24.6 Å². The molecule has 1 aromatic heterocycles. The van der Waals surface area contributed by atoms with E-state index in [0.717, 1.165) is 12.1 Å². The highest BCUT2D eigenvalue weighted by molar-refractivity contribution is 5.17. The number of pyridine rings is 1. The van der Waals surface area contributed by atoms with E-state index in [0.29, 0.717) is 13.2 Å². The molecule has 1 aliphatic heterocycles. The van der Waals surface area contributed by atoms with Gasteiger partial charge in [0, 0.05) is 37.6 Å². The summed E-state index contributed by atoms with van der Waals surface area (Å²) in [5, 5.41) is 8.96. The Balaban J connectivity index is 2.18. The van der Waals surface area contributed by atoms with E-state index < -0.39 is 0 Å². The fraction of sp³-hybridized carbons (Fsp3) is 0.538. The molecule has 0 spiro atoms. The summed E-state index contributed by atoms with van der Waals surface area (Å²) in [5.74, 6) is 0. The third-order valence-electron chi connectivity index (χ3n) is 3.18. The van der Waals surface area contributed by atoms with Crippen LogP contribution in [0.5, 0.6) is 0 Å². The van der Waals surface area contributed by atoms with Crippen LogP contribution in [0.2, 0.25) is 0 Å². The minimum Gasteiger partial charge on any atom is -0.361 e. The minimum atomic E-state index is -0.359. The number of hydrogen-bond donors (Lipinski definition) is 1. The van der Waals surface area contributed by atoms with Gasteiger partial charge in [0.05, 0.1) is 12.7 Å². The largest absolute Gasteiger partial charge is 0.361 e. The van der Waals surface area contributed by atoms with Crippen molar-refractivity contribution in [2.45, 2.75) is 25.1 Å². The standard InChI is InChI=1S/C13H18N4O/c1-10(15)13(11-2-4-16-5-3-11)17-6-7-18-12(8-14)9-17/h2-5,10,12-13H,6-7,9,15H2,1H3. The molecule has 3 unspecified atom stereocenters. The molecule has 2 rings (SSSR count). The van der Waals surface area contributed by atoms with Gasteiger partial charge in [0.25, 0.3) is 0 Å². The first kappa shape index (κ1) is 13.0. The maximum absolute atomic E-state index is 8.96. The lowest BCUT2D eigenvalue weighted by molar-refractivity contribution is -0.0210. The Morgan fingerprint density at radius 1 is 1.56 bits per heavy atom. The molecule has 1 aliphatic rings. The molecular formula is C13H18N4O. The number of rotatable bonds is 3. The van der Waals surface area contributed by atoms with Crippen molar-refractivity contribution in [3.8, 4) is 6.07 Å². The van der Waals surface area contributed by atoms with Gasteiger partial charge in [-0.15, -0.1) is 0 Å². The molecule has 0 radical (unpaired) electrons. The molecule has 3 atom stereocenters. The lowest BCUT2D eigenvalue weighted by Gasteiger charge is -2.38. The first-order valence-corrected chi connectivity index (χ1v) is 6.13. The van der Waals surface area contributed by atoms with Crippen LogP contribution in [0.15, 0.2) is 24.5 Å². The molecule has 2 heterocycles. The topological polar surface area (TPSA) is 75.2 Å². The molecule has 0 amide bonds. The smallest absolute Gasteiger partial charge is 0.156 e. The summed E-state index contributed by atoms with van der Waals surface area (Å²) >= 11 is 0. The fourth-order valence-electron chi connectivity index (χ4n) is 2.41. The zero-order valence-corrected chi connectivity index (χ0v) is 10.5. The van der Waals surface area contributed by atoms with Crippen molar-refractivity contribution in [3.63, 3.8) is 0 Å². The Bertz CT molecular complexity index is 415. The molecule has 1 fully saturated rings. The van der Waals surface area contributed by atoms with E-state index in [9.17, 15) is 0 Å². The highest BCUT2D eigenvalue weighted by Crippen LogP contribution is 2.25. The van der Waals surface area contributed by atoms with E-state index >= 15 is 0 Å². The molecule has 96 valence electrons. The molecule has 5 heteroatoms. The van der Waals surface area contributed by atoms with Gasteiger partial charge in [0.15, 0.2) is 6.10 Å².